The van der Waals surface area contributed by atoms with Crippen LogP contribution in [0.4, 0.5) is 26.0 Å². The van der Waals surface area contributed by atoms with Gasteiger partial charge in [0.15, 0.2) is 0 Å². The van der Waals surface area contributed by atoms with Gasteiger partial charge in [-0.25, -0.2) is 13.8 Å². The minimum atomic E-state index is -0.692. The molecule has 0 aliphatic heterocycles. The maximum absolute atomic E-state index is 13.5. The Morgan fingerprint density at radius 2 is 2.00 bits per heavy atom. The average molecular weight is 289 g/mol. The summed E-state index contributed by atoms with van der Waals surface area (Å²) in [5, 5.41) is 5.51. The van der Waals surface area contributed by atoms with Gasteiger partial charge in [-0.3, -0.25) is 4.79 Å². The van der Waals surface area contributed by atoms with Crippen LogP contribution in [0, 0.1) is 17.6 Å². The Balaban J connectivity index is 1.67. The smallest absolute Gasteiger partial charge is 0.227 e. The van der Waals surface area contributed by atoms with Gasteiger partial charge in [-0.05, 0) is 37.1 Å². The van der Waals surface area contributed by atoms with Crippen molar-refractivity contribution in [1.82, 2.24) is 4.98 Å². The van der Waals surface area contributed by atoms with Gasteiger partial charge in [0.05, 0.1) is 17.6 Å². The van der Waals surface area contributed by atoms with Gasteiger partial charge in [-0.2, -0.15) is 0 Å². The van der Waals surface area contributed by atoms with Crippen molar-refractivity contribution in [3.05, 3.63) is 48.2 Å². The summed E-state index contributed by atoms with van der Waals surface area (Å²) in [4.78, 5) is 15.7. The number of aromatic nitrogens is 1. The highest BCUT2D eigenvalue weighted by atomic mass is 19.1. The molecule has 1 saturated carbocycles. The maximum atomic E-state index is 13.5. The lowest BCUT2D eigenvalue weighted by molar-refractivity contribution is -0.117. The fourth-order valence-corrected chi connectivity index (χ4v) is 1.86. The summed E-state index contributed by atoms with van der Waals surface area (Å²) in [6.45, 7) is 0. The standard InChI is InChI=1S/C15H13F2N3O/c16-10-3-5-13(12(17)7-10)20-14-6-4-11(8-18-14)19-15(21)9-1-2-9/h3-9H,1-2H2,(H,18,20)(H,19,21). The number of benzene rings is 1. The highest BCUT2D eigenvalue weighted by Gasteiger charge is 2.29. The molecule has 0 radical (unpaired) electrons. The van der Waals surface area contributed by atoms with E-state index in [1.807, 2.05) is 0 Å². The van der Waals surface area contributed by atoms with E-state index in [1.165, 1.54) is 12.3 Å². The maximum Gasteiger partial charge on any atom is 0.227 e. The zero-order valence-corrected chi connectivity index (χ0v) is 11.1. The van der Waals surface area contributed by atoms with E-state index in [9.17, 15) is 13.6 Å². The third-order valence-electron chi connectivity index (χ3n) is 3.17. The van der Waals surface area contributed by atoms with Gasteiger partial charge in [0, 0.05) is 12.0 Å². The van der Waals surface area contributed by atoms with Crippen molar-refractivity contribution < 1.29 is 13.6 Å². The molecule has 0 unspecified atom stereocenters. The molecule has 0 bridgehead atoms. The van der Waals surface area contributed by atoms with E-state index in [0.29, 0.717) is 11.5 Å². The summed E-state index contributed by atoms with van der Waals surface area (Å²) in [6.07, 6.45) is 3.36. The number of nitrogens with zero attached hydrogens (tertiary/aromatic N) is 1. The second kappa shape index (κ2) is 5.47. The first-order chi connectivity index (χ1) is 10.1. The molecule has 0 saturated heterocycles. The molecule has 1 aromatic heterocycles. The summed E-state index contributed by atoms with van der Waals surface area (Å²) in [6, 6.07) is 6.56. The number of halogens is 2. The fourth-order valence-electron chi connectivity index (χ4n) is 1.86. The molecule has 1 heterocycles. The number of nitrogens with one attached hydrogen (secondary N) is 2. The van der Waals surface area contributed by atoms with E-state index < -0.39 is 11.6 Å². The summed E-state index contributed by atoms with van der Waals surface area (Å²) < 4.78 is 26.3. The van der Waals surface area contributed by atoms with E-state index >= 15 is 0 Å². The van der Waals surface area contributed by atoms with Crippen LogP contribution >= 0.6 is 0 Å². The highest BCUT2D eigenvalue weighted by Crippen LogP contribution is 2.30. The second-order valence-electron chi connectivity index (χ2n) is 4.94. The van der Waals surface area contributed by atoms with Crippen LogP contribution < -0.4 is 10.6 Å². The molecular formula is C15H13F2N3O. The molecular weight excluding hydrogens is 276 g/mol. The zero-order chi connectivity index (χ0) is 14.8. The van der Waals surface area contributed by atoms with Crippen molar-refractivity contribution in [3.63, 3.8) is 0 Å². The van der Waals surface area contributed by atoms with Crippen molar-refractivity contribution in [2.75, 3.05) is 10.6 Å². The van der Waals surface area contributed by atoms with Gasteiger partial charge in [0.25, 0.3) is 0 Å². The monoisotopic (exact) mass is 289 g/mol. The van der Waals surface area contributed by atoms with E-state index in [4.69, 9.17) is 0 Å². The van der Waals surface area contributed by atoms with Crippen molar-refractivity contribution in [2.45, 2.75) is 12.8 Å². The van der Waals surface area contributed by atoms with Crippen LogP contribution in [0.3, 0.4) is 0 Å². The third-order valence-corrected chi connectivity index (χ3v) is 3.17. The third kappa shape index (κ3) is 3.34. The SMILES string of the molecule is O=C(Nc1ccc(Nc2ccc(F)cc2F)nc1)C1CC1. The average Bonchev–Trinajstić information content (AvgIpc) is 3.28. The number of rotatable bonds is 4. The van der Waals surface area contributed by atoms with E-state index in [-0.39, 0.29) is 17.5 Å². The summed E-state index contributed by atoms with van der Waals surface area (Å²) >= 11 is 0. The summed E-state index contributed by atoms with van der Waals surface area (Å²) in [7, 11) is 0. The normalized spacial score (nSPS) is 13.8. The van der Waals surface area contributed by atoms with Crippen LogP contribution in [0.25, 0.3) is 0 Å². The molecule has 0 atom stereocenters. The van der Waals surface area contributed by atoms with Crippen LogP contribution in [0.5, 0.6) is 0 Å². The molecule has 1 aliphatic rings. The Kier molecular flexibility index (Phi) is 3.51. The first-order valence-electron chi connectivity index (χ1n) is 6.61. The van der Waals surface area contributed by atoms with Gasteiger partial charge in [0.2, 0.25) is 5.91 Å². The molecule has 0 spiro atoms. The molecule has 3 rings (SSSR count). The fraction of sp³-hybridized carbons (Fsp3) is 0.200. The van der Waals surface area contributed by atoms with E-state index in [2.05, 4.69) is 15.6 Å². The van der Waals surface area contributed by atoms with Crippen molar-refractivity contribution in [2.24, 2.45) is 5.92 Å². The Labute approximate surface area is 120 Å². The number of amides is 1. The van der Waals surface area contributed by atoms with Gasteiger partial charge in [0.1, 0.15) is 17.5 Å². The molecule has 2 aromatic rings. The number of hydrogen-bond acceptors (Lipinski definition) is 3. The number of carbonyl (C=O) groups is 1. The first-order valence-corrected chi connectivity index (χ1v) is 6.61. The van der Waals surface area contributed by atoms with Crippen molar-refractivity contribution in [3.8, 4) is 0 Å². The predicted molar refractivity (Wildman–Crippen MR) is 75.2 cm³/mol. The Hall–Kier alpha value is -2.50. The molecule has 6 heteroatoms. The predicted octanol–water partition coefficient (Wildman–Crippen LogP) is 3.45. The van der Waals surface area contributed by atoms with Gasteiger partial charge in [-0.1, -0.05) is 0 Å². The second-order valence-corrected chi connectivity index (χ2v) is 4.94. The van der Waals surface area contributed by atoms with Gasteiger partial charge in [-0.15, -0.1) is 0 Å². The zero-order valence-electron chi connectivity index (χ0n) is 11.1. The van der Waals surface area contributed by atoms with Crippen LogP contribution in [-0.4, -0.2) is 10.9 Å². The largest absolute Gasteiger partial charge is 0.338 e. The molecule has 1 aromatic carbocycles. The quantitative estimate of drug-likeness (QED) is 0.906. The van der Waals surface area contributed by atoms with Crippen LogP contribution in [0.15, 0.2) is 36.5 Å². The number of anilines is 3. The first kappa shape index (κ1) is 13.5. The van der Waals surface area contributed by atoms with E-state index in [0.717, 1.165) is 25.0 Å². The molecule has 1 amide bonds. The number of pyridine rings is 1. The molecule has 4 nitrogen and oxygen atoms in total. The minimum absolute atomic E-state index is 0.00193. The van der Waals surface area contributed by atoms with Gasteiger partial charge >= 0.3 is 0 Å². The van der Waals surface area contributed by atoms with Gasteiger partial charge < -0.3 is 10.6 Å². The summed E-state index contributed by atoms with van der Waals surface area (Å²) in [5.41, 5.74) is 0.732. The van der Waals surface area contributed by atoms with Crippen molar-refractivity contribution >= 4 is 23.1 Å². The molecule has 108 valence electrons. The molecule has 1 fully saturated rings. The molecule has 21 heavy (non-hydrogen) atoms. The van der Waals surface area contributed by atoms with Crippen LogP contribution in [-0.2, 0) is 4.79 Å². The summed E-state index contributed by atoms with van der Waals surface area (Å²) in [5.74, 6) is -0.796. The lowest BCUT2D eigenvalue weighted by Crippen LogP contribution is -2.13. The Bertz CT molecular complexity index is 669. The van der Waals surface area contributed by atoms with Crippen molar-refractivity contribution in [1.29, 1.82) is 0 Å². The molecule has 1 aliphatic carbocycles. The highest BCUT2D eigenvalue weighted by molar-refractivity contribution is 5.93. The lowest BCUT2D eigenvalue weighted by Gasteiger charge is -2.08. The Morgan fingerprint density at radius 3 is 2.62 bits per heavy atom. The topological polar surface area (TPSA) is 54.0 Å². The van der Waals surface area contributed by atoms with Crippen LogP contribution in [0.1, 0.15) is 12.8 Å². The molecule has 2 N–H and O–H groups in total. The number of hydrogen-bond donors (Lipinski definition) is 2. The van der Waals surface area contributed by atoms with E-state index in [1.54, 1.807) is 12.1 Å². The number of carbonyl (C=O) groups excluding carboxylic acids is 1. The lowest BCUT2D eigenvalue weighted by atomic mass is 10.3. The van der Waals surface area contributed by atoms with Crippen LogP contribution in [0.2, 0.25) is 0 Å². The Morgan fingerprint density at radius 1 is 1.19 bits per heavy atom. The minimum Gasteiger partial charge on any atom is -0.338 e.